The van der Waals surface area contributed by atoms with Gasteiger partial charge in [-0.25, -0.2) is 0 Å². The fourth-order valence-corrected chi connectivity index (χ4v) is 4.08. The number of benzene rings is 1. The lowest BCUT2D eigenvalue weighted by Gasteiger charge is -2.44. The highest BCUT2D eigenvalue weighted by atomic mass is 15.3. The van der Waals surface area contributed by atoms with Crippen molar-refractivity contribution < 1.29 is 0 Å². The van der Waals surface area contributed by atoms with Crippen LogP contribution in [0.15, 0.2) is 18.2 Å². The van der Waals surface area contributed by atoms with E-state index in [1.54, 1.807) is 0 Å². The molecule has 2 fully saturated rings. The molecular weight excluding hydrogens is 246 g/mol. The van der Waals surface area contributed by atoms with Gasteiger partial charge >= 0.3 is 0 Å². The molecule has 1 aromatic rings. The fourth-order valence-electron chi connectivity index (χ4n) is 4.08. The van der Waals surface area contributed by atoms with Gasteiger partial charge < -0.3 is 5.32 Å². The zero-order valence-corrected chi connectivity index (χ0v) is 12.3. The lowest BCUT2D eigenvalue weighted by atomic mass is 9.99. The topological polar surface area (TPSA) is 18.5 Å². The first-order valence-electron chi connectivity index (χ1n) is 8.20. The predicted molar refractivity (Wildman–Crippen MR) is 83.1 cm³/mol. The van der Waals surface area contributed by atoms with Crippen LogP contribution >= 0.6 is 0 Å². The molecule has 1 N–H and O–H groups in total. The van der Waals surface area contributed by atoms with E-state index in [0.717, 1.165) is 19.1 Å². The Bertz CT molecular complexity index is 485. The molecule has 0 bridgehead atoms. The molecule has 1 atom stereocenters. The molecule has 2 saturated heterocycles. The van der Waals surface area contributed by atoms with Crippen LogP contribution in [0.1, 0.15) is 30.4 Å². The third-order valence-corrected chi connectivity index (χ3v) is 5.21. The molecule has 1 unspecified atom stereocenters. The monoisotopic (exact) mass is 271 g/mol. The third-order valence-electron chi connectivity index (χ3n) is 5.21. The number of anilines is 1. The summed E-state index contributed by atoms with van der Waals surface area (Å²) in [5, 5.41) is 3.45. The molecule has 20 heavy (non-hydrogen) atoms. The molecule has 3 aliphatic heterocycles. The third kappa shape index (κ3) is 2.45. The number of fused-ring (bicyclic) bond motifs is 2. The molecule has 3 heterocycles. The van der Waals surface area contributed by atoms with Crippen LogP contribution in [0.4, 0.5) is 5.69 Å². The maximum Gasteiger partial charge on any atom is 0.0373 e. The van der Waals surface area contributed by atoms with Gasteiger partial charge in [-0.2, -0.15) is 0 Å². The molecule has 3 aliphatic rings. The molecule has 0 spiro atoms. The van der Waals surface area contributed by atoms with Crippen LogP contribution < -0.4 is 5.32 Å². The highest BCUT2D eigenvalue weighted by Gasteiger charge is 2.28. The van der Waals surface area contributed by atoms with Gasteiger partial charge in [0, 0.05) is 44.5 Å². The van der Waals surface area contributed by atoms with Gasteiger partial charge in [0.1, 0.15) is 0 Å². The van der Waals surface area contributed by atoms with Crippen LogP contribution in [0.5, 0.6) is 0 Å². The minimum atomic E-state index is 0.827. The van der Waals surface area contributed by atoms with E-state index < -0.39 is 0 Å². The second-order valence-corrected chi connectivity index (χ2v) is 6.59. The smallest absolute Gasteiger partial charge is 0.0373 e. The van der Waals surface area contributed by atoms with Crippen LogP contribution in [0.3, 0.4) is 0 Å². The van der Waals surface area contributed by atoms with Crippen molar-refractivity contribution >= 4 is 5.69 Å². The van der Waals surface area contributed by atoms with Crippen LogP contribution in [0.25, 0.3) is 0 Å². The SMILES string of the molecule is c1cc2c(cc1CN1CCN3CCCCC3C1)CCN2. The van der Waals surface area contributed by atoms with E-state index in [1.807, 2.05) is 0 Å². The average Bonchev–Trinajstić information content (AvgIpc) is 2.95. The molecule has 1 aromatic carbocycles. The zero-order chi connectivity index (χ0) is 13.4. The van der Waals surface area contributed by atoms with E-state index in [1.165, 1.54) is 68.7 Å². The number of rotatable bonds is 2. The van der Waals surface area contributed by atoms with E-state index in [-0.39, 0.29) is 0 Å². The predicted octanol–water partition coefficient (Wildman–Crippen LogP) is 2.32. The van der Waals surface area contributed by atoms with Gasteiger partial charge in [0.25, 0.3) is 0 Å². The summed E-state index contributed by atoms with van der Waals surface area (Å²) in [6.45, 7) is 7.37. The quantitative estimate of drug-likeness (QED) is 0.890. The summed E-state index contributed by atoms with van der Waals surface area (Å²) in [5.74, 6) is 0. The van der Waals surface area contributed by atoms with Crippen LogP contribution in [0.2, 0.25) is 0 Å². The van der Waals surface area contributed by atoms with Crippen molar-refractivity contribution in [3.63, 3.8) is 0 Å². The normalized spacial score (nSPS) is 26.9. The van der Waals surface area contributed by atoms with Gasteiger partial charge in [-0.3, -0.25) is 9.80 Å². The highest BCUT2D eigenvalue weighted by molar-refractivity contribution is 5.56. The van der Waals surface area contributed by atoms with Crippen LogP contribution in [-0.2, 0) is 13.0 Å². The van der Waals surface area contributed by atoms with Crippen molar-refractivity contribution in [3.8, 4) is 0 Å². The maximum atomic E-state index is 3.45. The number of hydrogen-bond donors (Lipinski definition) is 1. The Balaban J connectivity index is 1.41. The Morgan fingerprint density at radius 2 is 2.15 bits per heavy atom. The summed E-state index contributed by atoms with van der Waals surface area (Å²) in [6, 6.07) is 7.83. The van der Waals surface area contributed by atoms with Gasteiger partial charge in [-0.15, -0.1) is 0 Å². The fraction of sp³-hybridized carbons (Fsp3) is 0.647. The van der Waals surface area contributed by atoms with Crippen molar-refractivity contribution in [1.29, 1.82) is 0 Å². The molecule has 0 aromatic heterocycles. The lowest BCUT2D eigenvalue weighted by Crippen LogP contribution is -2.54. The molecule has 0 saturated carbocycles. The average molecular weight is 271 g/mol. The van der Waals surface area contributed by atoms with E-state index in [4.69, 9.17) is 0 Å². The van der Waals surface area contributed by atoms with Gasteiger partial charge in [-0.1, -0.05) is 18.6 Å². The zero-order valence-electron chi connectivity index (χ0n) is 12.3. The molecule has 3 heteroatoms. The molecule has 4 rings (SSSR count). The van der Waals surface area contributed by atoms with E-state index >= 15 is 0 Å². The summed E-state index contributed by atoms with van der Waals surface area (Å²) >= 11 is 0. The summed E-state index contributed by atoms with van der Waals surface area (Å²) in [6.07, 6.45) is 5.44. The van der Waals surface area contributed by atoms with Crippen LogP contribution in [-0.4, -0.2) is 48.6 Å². The van der Waals surface area contributed by atoms with E-state index in [2.05, 4.69) is 33.3 Å². The maximum absolute atomic E-state index is 3.45. The molecule has 0 aliphatic carbocycles. The first-order valence-corrected chi connectivity index (χ1v) is 8.20. The van der Waals surface area contributed by atoms with Crippen LogP contribution in [0, 0.1) is 0 Å². The van der Waals surface area contributed by atoms with E-state index in [9.17, 15) is 0 Å². The Morgan fingerprint density at radius 1 is 1.15 bits per heavy atom. The highest BCUT2D eigenvalue weighted by Crippen LogP contribution is 2.25. The van der Waals surface area contributed by atoms with Crippen molar-refractivity contribution in [1.82, 2.24) is 9.80 Å². The lowest BCUT2D eigenvalue weighted by molar-refractivity contribution is 0.0457. The van der Waals surface area contributed by atoms with Crippen molar-refractivity contribution in [3.05, 3.63) is 29.3 Å². The Kier molecular flexibility index (Phi) is 3.41. The summed E-state index contributed by atoms with van der Waals surface area (Å²) in [4.78, 5) is 5.38. The van der Waals surface area contributed by atoms with Gasteiger partial charge in [-0.05, 0) is 43.0 Å². The summed E-state index contributed by atoms with van der Waals surface area (Å²) in [5.41, 5.74) is 4.36. The molecular formula is C17H25N3. The molecule has 108 valence electrons. The second kappa shape index (κ2) is 5.38. The number of nitrogens with zero attached hydrogens (tertiary/aromatic N) is 2. The van der Waals surface area contributed by atoms with Gasteiger partial charge in [0.15, 0.2) is 0 Å². The Morgan fingerprint density at radius 3 is 3.15 bits per heavy atom. The minimum Gasteiger partial charge on any atom is -0.384 e. The largest absolute Gasteiger partial charge is 0.384 e. The summed E-state index contributed by atoms with van der Waals surface area (Å²) in [7, 11) is 0. The number of piperidine rings is 1. The molecule has 0 amide bonds. The van der Waals surface area contributed by atoms with Crippen molar-refractivity contribution in [2.45, 2.75) is 38.3 Å². The number of hydrogen-bond acceptors (Lipinski definition) is 3. The number of piperazine rings is 1. The second-order valence-electron chi connectivity index (χ2n) is 6.59. The Hall–Kier alpha value is -1.06. The van der Waals surface area contributed by atoms with Crippen molar-refractivity contribution in [2.75, 3.05) is 38.0 Å². The van der Waals surface area contributed by atoms with Crippen molar-refractivity contribution in [2.24, 2.45) is 0 Å². The first kappa shape index (κ1) is 12.7. The van der Waals surface area contributed by atoms with Gasteiger partial charge in [0.2, 0.25) is 0 Å². The summed E-state index contributed by atoms with van der Waals surface area (Å²) < 4.78 is 0. The molecule has 3 nitrogen and oxygen atoms in total. The van der Waals surface area contributed by atoms with Gasteiger partial charge in [0.05, 0.1) is 0 Å². The van der Waals surface area contributed by atoms with E-state index in [0.29, 0.717) is 0 Å². The minimum absolute atomic E-state index is 0.827. The number of nitrogens with one attached hydrogen (secondary N) is 1. The first-order chi connectivity index (χ1) is 9.88. The molecule has 0 radical (unpaired) electrons. The standard InChI is InChI=1S/C17H25N3/c1-2-8-20-10-9-19(13-16(20)3-1)12-14-4-5-17-15(11-14)6-7-18-17/h4-5,11,16,18H,1-3,6-10,12-13H2. The Labute approximate surface area is 121 Å².